The largest absolute Gasteiger partial charge is 0.496 e. The smallest absolute Gasteiger partial charge is 0.122 e. The molecule has 1 aromatic rings. The SMILES string of the molecule is COc1ccc(CCC(C)N)c(C)c1C. The number of nitrogens with two attached hydrogens (primary N) is 1. The molecule has 15 heavy (non-hydrogen) atoms. The molecule has 1 unspecified atom stereocenters. The van der Waals surface area contributed by atoms with Gasteiger partial charge in [0.2, 0.25) is 0 Å². The topological polar surface area (TPSA) is 35.2 Å². The van der Waals surface area contributed by atoms with Crippen molar-refractivity contribution in [1.82, 2.24) is 0 Å². The fraction of sp³-hybridized carbons (Fsp3) is 0.538. The fourth-order valence-corrected chi connectivity index (χ4v) is 1.73. The third kappa shape index (κ3) is 2.96. The van der Waals surface area contributed by atoms with E-state index in [1.165, 1.54) is 16.7 Å². The molecule has 2 N–H and O–H groups in total. The maximum atomic E-state index is 5.76. The van der Waals surface area contributed by atoms with Crippen molar-refractivity contribution in [3.63, 3.8) is 0 Å². The molecule has 1 aromatic carbocycles. The molecule has 0 heterocycles. The first kappa shape index (κ1) is 12.1. The van der Waals surface area contributed by atoms with Gasteiger partial charge < -0.3 is 10.5 Å². The van der Waals surface area contributed by atoms with E-state index in [1.54, 1.807) is 7.11 Å². The van der Waals surface area contributed by atoms with Crippen LogP contribution in [0.2, 0.25) is 0 Å². The first-order valence-electron chi connectivity index (χ1n) is 5.45. The summed E-state index contributed by atoms with van der Waals surface area (Å²) in [7, 11) is 1.71. The van der Waals surface area contributed by atoms with Gasteiger partial charge in [-0.2, -0.15) is 0 Å². The summed E-state index contributed by atoms with van der Waals surface area (Å²) in [5, 5.41) is 0. The molecule has 0 bridgehead atoms. The molecule has 1 rings (SSSR count). The molecule has 0 saturated heterocycles. The predicted octanol–water partition coefficient (Wildman–Crippen LogP) is 2.59. The van der Waals surface area contributed by atoms with Gasteiger partial charge in [0.25, 0.3) is 0 Å². The number of hydrogen-bond donors (Lipinski definition) is 1. The van der Waals surface area contributed by atoms with E-state index in [0.29, 0.717) is 0 Å². The Balaban J connectivity index is 2.87. The Morgan fingerprint density at radius 2 is 1.93 bits per heavy atom. The third-order valence-corrected chi connectivity index (χ3v) is 2.94. The van der Waals surface area contributed by atoms with Crippen molar-refractivity contribution in [3.05, 3.63) is 28.8 Å². The van der Waals surface area contributed by atoms with Crippen molar-refractivity contribution in [2.45, 2.75) is 39.7 Å². The Morgan fingerprint density at radius 3 is 2.47 bits per heavy atom. The van der Waals surface area contributed by atoms with Gasteiger partial charge in [0.1, 0.15) is 5.75 Å². The number of methoxy groups -OCH3 is 1. The number of rotatable bonds is 4. The van der Waals surface area contributed by atoms with Crippen LogP contribution in [0.15, 0.2) is 12.1 Å². The van der Waals surface area contributed by atoms with E-state index >= 15 is 0 Å². The highest BCUT2D eigenvalue weighted by Gasteiger charge is 2.06. The molecule has 0 fully saturated rings. The Labute approximate surface area is 92.4 Å². The molecule has 0 spiro atoms. The summed E-state index contributed by atoms with van der Waals surface area (Å²) in [5.41, 5.74) is 9.70. The highest BCUT2D eigenvalue weighted by Crippen LogP contribution is 2.24. The van der Waals surface area contributed by atoms with Gasteiger partial charge in [0, 0.05) is 6.04 Å². The van der Waals surface area contributed by atoms with Gasteiger partial charge in [-0.15, -0.1) is 0 Å². The van der Waals surface area contributed by atoms with Gasteiger partial charge in [-0.25, -0.2) is 0 Å². The van der Waals surface area contributed by atoms with Crippen LogP contribution in [-0.4, -0.2) is 13.2 Å². The zero-order valence-corrected chi connectivity index (χ0v) is 10.1. The summed E-state index contributed by atoms with van der Waals surface area (Å²) in [6.45, 7) is 6.30. The van der Waals surface area contributed by atoms with Crippen molar-refractivity contribution in [2.75, 3.05) is 7.11 Å². The van der Waals surface area contributed by atoms with E-state index in [0.717, 1.165) is 18.6 Å². The summed E-state index contributed by atoms with van der Waals surface area (Å²) in [6, 6.07) is 4.45. The molecular weight excluding hydrogens is 186 g/mol. The third-order valence-electron chi connectivity index (χ3n) is 2.94. The second-order valence-corrected chi connectivity index (χ2v) is 4.19. The zero-order chi connectivity index (χ0) is 11.4. The van der Waals surface area contributed by atoms with Crippen LogP contribution in [-0.2, 0) is 6.42 Å². The van der Waals surface area contributed by atoms with Gasteiger partial charge in [-0.05, 0) is 56.4 Å². The summed E-state index contributed by atoms with van der Waals surface area (Å²) in [5.74, 6) is 0.969. The van der Waals surface area contributed by atoms with Crippen molar-refractivity contribution >= 4 is 0 Å². The van der Waals surface area contributed by atoms with Crippen LogP contribution in [0.1, 0.15) is 30.0 Å². The van der Waals surface area contributed by atoms with Gasteiger partial charge in [-0.1, -0.05) is 6.07 Å². The second-order valence-electron chi connectivity index (χ2n) is 4.19. The van der Waals surface area contributed by atoms with Gasteiger partial charge in [0.15, 0.2) is 0 Å². The maximum absolute atomic E-state index is 5.76. The van der Waals surface area contributed by atoms with Crippen LogP contribution < -0.4 is 10.5 Å². The first-order valence-corrected chi connectivity index (χ1v) is 5.45. The number of benzene rings is 1. The Kier molecular flexibility index (Phi) is 4.15. The van der Waals surface area contributed by atoms with Gasteiger partial charge in [-0.3, -0.25) is 0 Å². The number of hydrogen-bond acceptors (Lipinski definition) is 2. The average molecular weight is 207 g/mol. The molecular formula is C13H21NO. The monoisotopic (exact) mass is 207 g/mol. The molecule has 0 saturated carbocycles. The molecule has 0 aliphatic rings. The van der Waals surface area contributed by atoms with Crippen LogP contribution in [0.25, 0.3) is 0 Å². The Hall–Kier alpha value is -1.02. The lowest BCUT2D eigenvalue weighted by Crippen LogP contribution is -2.15. The molecule has 0 aliphatic heterocycles. The maximum Gasteiger partial charge on any atom is 0.122 e. The molecule has 2 nitrogen and oxygen atoms in total. The lowest BCUT2D eigenvalue weighted by atomic mass is 9.97. The Morgan fingerprint density at radius 1 is 1.27 bits per heavy atom. The summed E-state index contributed by atoms with van der Waals surface area (Å²) >= 11 is 0. The lowest BCUT2D eigenvalue weighted by molar-refractivity contribution is 0.411. The van der Waals surface area contributed by atoms with Crippen LogP contribution in [0, 0.1) is 13.8 Å². The molecule has 0 aromatic heterocycles. The normalized spacial score (nSPS) is 12.6. The minimum Gasteiger partial charge on any atom is -0.496 e. The zero-order valence-electron chi connectivity index (χ0n) is 10.1. The summed E-state index contributed by atoms with van der Waals surface area (Å²) < 4.78 is 5.28. The van der Waals surface area contributed by atoms with E-state index in [4.69, 9.17) is 10.5 Å². The highest BCUT2D eigenvalue weighted by atomic mass is 16.5. The summed E-state index contributed by atoms with van der Waals surface area (Å²) in [6.07, 6.45) is 2.08. The van der Waals surface area contributed by atoms with Crippen LogP contribution in [0.4, 0.5) is 0 Å². The fourth-order valence-electron chi connectivity index (χ4n) is 1.73. The molecule has 2 heteroatoms. The number of aryl methyl sites for hydroxylation is 1. The quantitative estimate of drug-likeness (QED) is 0.823. The summed E-state index contributed by atoms with van der Waals surface area (Å²) in [4.78, 5) is 0. The molecule has 84 valence electrons. The molecule has 0 amide bonds. The standard InChI is InChI=1S/C13H21NO/c1-9(14)5-6-12-7-8-13(15-4)11(3)10(12)2/h7-9H,5-6,14H2,1-4H3. The predicted molar refractivity (Wildman–Crippen MR) is 64.4 cm³/mol. The average Bonchev–Trinajstić information content (AvgIpc) is 2.20. The van der Waals surface area contributed by atoms with Crippen LogP contribution in [0.5, 0.6) is 5.75 Å². The van der Waals surface area contributed by atoms with E-state index < -0.39 is 0 Å². The van der Waals surface area contributed by atoms with E-state index in [9.17, 15) is 0 Å². The van der Waals surface area contributed by atoms with Crippen molar-refractivity contribution in [1.29, 1.82) is 0 Å². The van der Waals surface area contributed by atoms with Gasteiger partial charge >= 0.3 is 0 Å². The van der Waals surface area contributed by atoms with Crippen LogP contribution >= 0.6 is 0 Å². The minimum atomic E-state index is 0.270. The van der Waals surface area contributed by atoms with Crippen molar-refractivity contribution in [3.8, 4) is 5.75 Å². The van der Waals surface area contributed by atoms with Gasteiger partial charge in [0.05, 0.1) is 7.11 Å². The molecule has 0 aliphatic carbocycles. The van der Waals surface area contributed by atoms with E-state index in [2.05, 4.69) is 19.9 Å². The first-order chi connectivity index (χ1) is 7.06. The molecule has 0 radical (unpaired) electrons. The number of ether oxygens (including phenoxy) is 1. The lowest BCUT2D eigenvalue weighted by Gasteiger charge is -2.13. The second kappa shape index (κ2) is 5.17. The van der Waals surface area contributed by atoms with Crippen molar-refractivity contribution < 1.29 is 4.74 Å². The highest BCUT2D eigenvalue weighted by molar-refractivity contribution is 5.43. The molecule has 1 atom stereocenters. The van der Waals surface area contributed by atoms with E-state index in [1.807, 2.05) is 13.0 Å². The van der Waals surface area contributed by atoms with Crippen molar-refractivity contribution in [2.24, 2.45) is 5.73 Å². The van der Waals surface area contributed by atoms with E-state index in [-0.39, 0.29) is 6.04 Å². The minimum absolute atomic E-state index is 0.270. The van der Waals surface area contributed by atoms with Crippen LogP contribution in [0.3, 0.4) is 0 Å². The Bertz CT molecular complexity index is 332.